The largest absolute Gasteiger partial charge is 0.489 e. The molecule has 23 heavy (non-hydrogen) atoms. The lowest BCUT2D eigenvalue weighted by Crippen LogP contribution is -2.25. The highest BCUT2D eigenvalue weighted by atomic mass is 16.5. The molecule has 1 aliphatic rings. The Balaban J connectivity index is 1.47. The molecule has 1 aliphatic heterocycles. The first kappa shape index (κ1) is 16.0. The molecule has 0 saturated carbocycles. The molecule has 1 saturated heterocycles. The molecule has 2 aromatic rings. The van der Waals surface area contributed by atoms with E-state index < -0.39 is 0 Å². The molecule has 1 N–H and O–H groups in total. The van der Waals surface area contributed by atoms with Crippen LogP contribution in [0.4, 0.5) is 0 Å². The second kappa shape index (κ2) is 8.14. The Bertz CT molecular complexity index is 603. The zero-order valence-electron chi connectivity index (χ0n) is 13.8. The third-order valence-corrected chi connectivity index (χ3v) is 4.15. The third kappa shape index (κ3) is 5.08. The van der Waals surface area contributed by atoms with Crippen LogP contribution in [0.2, 0.25) is 0 Å². The van der Waals surface area contributed by atoms with Crippen LogP contribution in [0, 0.1) is 6.92 Å². The molecule has 0 aliphatic carbocycles. The monoisotopic (exact) mass is 311 g/mol. The molecule has 3 rings (SSSR count). The fraction of sp³-hybridized carbons (Fsp3) is 0.400. The van der Waals surface area contributed by atoms with Crippen molar-refractivity contribution >= 4 is 0 Å². The first-order chi connectivity index (χ1) is 11.3. The Morgan fingerprint density at radius 1 is 1.13 bits per heavy atom. The average Bonchev–Trinajstić information content (AvgIpc) is 3.08. The molecule has 1 atom stereocenters. The zero-order valence-corrected chi connectivity index (χ0v) is 13.8. The van der Waals surface area contributed by atoms with Crippen LogP contribution in [0.1, 0.15) is 29.5 Å². The number of hydrogen-bond donors (Lipinski definition) is 1. The van der Waals surface area contributed by atoms with Gasteiger partial charge < -0.3 is 14.8 Å². The summed E-state index contributed by atoms with van der Waals surface area (Å²) >= 11 is 0. The summed E-state index contributed by atoms with van der Waals surface area (Å²) < 4.78 is 11.5. The van der Waals surface area contributed by atoms with Gasteiger partial charge in [-0.25, -0.2) is 0 Å². The predicted octanol–water partition coefficient (Wildman–Crippen LogP) is 3.84. The highest BCUT2D eigenvalue weighted by molar-refractivity contribution is 5.29. The molecule has 1 heterocycles. The normalized spacial score (nSPS) is 17.3. The maximum atomic E-state index is 5.90. The summed E-state index contributed by atoms with van der Waals surface area (Å²) in [4.78, 5) is 0. The van der Waals surface area contributed by atoms with E-state index in [2.05, 4.69) is 48.6 Å². The Morgan fingerprint density at radius 2 is 2.00 bits per heavy atom. The topological polar surface area (TPSA) is 30.5 Å². The standard InChI is InChI=1S/C20H25NO2/c1-16-7-9-17(10-8-16)15-23-19-5-2-4-18(12-19)13-21-14-20-6-3-11-22-20/h2,4-5,7-10,12,20-21H,3,6,11,13-15H2,1H3/t20-/m1/s1. The number of rotatable bonds is 7. The maximum Gasteiger partial charge on any atom is 0.120 e. The van der Waals surface area contributed by atoms with Gasteiger partial charge in [-0.05, 0) is 43.0 Å². The Hall–Kier alpha value is -1.84. The lowest BCUT2D eigenvalue weighted by Gasteiger charge is -2.12. The van der Waals surface area contributed by atoms with E-state index in [1.807, 2.05) is 12.1 Å². The summed E-state index contributed by atoms with van der Waals surface area (Å²) in [6.07, 6.45) is 2.75. The predicted molar refractivity (Wildman–Crippen MR) is 92.6 cm³/mol. The molecule has 0 radical (unpaired) electrons. The van der Waals surface area contributed by atoms with E-state index in [0.29, 0.717) is 12.7 Å². The fourth-order valence-corrected chi connectivity index (χ4v) is 2.78. The van der Waals surface area contributed by atoms with Gasteiger partial charge >= 0.3 is 0 Å². The van der Waals surface area contributed by atoms with E-state index in [1.165, 1.54) is 29.5 Å². The van der Waals surface area contributed by atoms with Gasteiger partial charge in [-0.15, -0.1) is 0 Å². The third-order valence-electron chi connectivity index (χ3n) is 4.15. The number of aryl methyl sites for hydroxylation is 1. The molecule has 0 aromatic heterocycles. The van der Waals surface area contributed by atoms with Gasteiger partial charge in [-0.2, -0.15) is 0 Å². The van der Waals surface area contributed by atoms with E-state index >= 15 is 0 Å². The minimum atomic E-state index is 0.385. The number of nitrogens with one attached hydrogen (secondary N) is 1. The lowest BCUT2D eigenvalue weighted by molar-refractivity contribution is 0.110. The quantitative estimate of drug-likeness (QED) is 0.842. The summed E-state index contributed by atoms with van der Waals surface area (Å²) in [6.45, 7) is 5.38. The van der Waals surface area contributed by atoms with Crippen molar-refractivity contribution in [2.45, 2.75) is 39.0 Å². The molecule has 1 fully saturated rings. The summed E-state index contributed by atoms with van der Waals surface area (Å²) in [5.41, 5.74) is 3.70. The number of hydrogen-bond acceptors (Lipinski definition) is 3. The highest BCUT2D eigenvalue weighted by Gasteiger charge is 2.14. The summed E-state index contributed by atoms with van der Waals surface area (Å²) in [6, 6.07) is 16.8. The first-order valence-electron chi connectivity index (χ1n) is 8.39. The maximum absolute atomic E-state index is 5.90. The van der Waals surface area contributed by atoms with Crippen LogP contribution in [0.15, 0.2) is 48.5 Å². The van der Waals surface area contributed by atoms with Crippen molar-refractivity contribution in [2.75, 3.05) is 13.2 Å². The molecule has 0 spiro atoms. The molecular formula is C20H25NO2. The molecule has 3 nitrogen and oxygen atoms in total. The van der Waals surface area contributed by atoms with Crippen LogP contribution in [0.5, 0.6) is 5.75 Å². The van der Waals surface area contributed by atoms with E-state index in [4.69, 9.17) is 9.47 Å². The molecule has 0 amide bonds. The molecule has 122 valence electrons. The molecule has 0 unspecified atom stereocenters. The second-order valence-corrected chi connectivity index (χ2v) is 6.19. The molecule has 0 bridgehead atoms. The number of benzene rings is 2. The smallest absolute Gasteiger partial charge is 0.120 e. The van der Waals surface area contributed by atoms with Crippen molar-refractivity contribution in [1.29, 1.82) is 0 Å². The molecular weight excluding hydrogens is 286 g/mol. The van der Waals surface area contributed by atoms with E-state index in [0.717, 1.165) is 25.4 Å². The van der Waals surface area contributed by atoms with Crippen LogP contribution in [0.25, 0.3) is 0 Å². The zero-order chi connectivity index (χ0) is 15.9. The van der Waals surface area contributed by atoms with Crippen molar-refractivity contribution in [1.82, 2.24) is 5.32 Å². The van der Waals surface area contributed by atoms with Gasteiger partial charge in [0.1, 0.15) is 12.4 Å². The van der Waals surface area contributed by atoms with Crippen molar-refractivity contribution in [3.05, 3.63) is 65.2 Å². The van der Waals surface area contributed by atoms with Gasteiger partial charge in [0.15, 0.2) is 0 Å². The second-order valence-electron chi connectivity index (χ2n) is 6.19. The number of ether oxygens (including phenoxy) is 2. The molecule has 2 aromatic carbocycles. The van der Waals surface area contributed by atoms with E-state index in [9.17, 15) is 0 Å². The van der Waals surface area contributed by atoms with Crippen LogP contribution < -0.4 is 10.1 Å². The summed E-state index contributed by atoms with van der Waals surface area (Å²) in [5.74, 6) is 0.919. The van der Waals surface area contributed by atoms with Crippen molar-refractivity contribution in [3.63, 3.8) is 0 Å². The van der Waals surface area contributed by atoms with Gasteiger partial charge in [0.05, 0.1) is 6.10 Å². The lowest BCUT2D eigenvalue weighted by atomic mass is 10.1. The van der Waals surface area contributed by atoms with Crippen molar-refractivity contribution in [2.24, 2.45) is 0 Å². The van der Waals surface area contributed by atoms with Crippen LogP contribution in [-0.4, -0.2) is 19.3 Å². The highest BCUT2D eigenvalue weighted by Crippen LogP contribution is 2.16. The minimum absolute atomic E-state index is 0.385. The van der Waals surface area contributed by atoms with Crippen LogP contribution in [-0.2, 0) is 17.9 Å². The van der Waals surface area contributed by atoms with Gasteiger partial charge in [0, 0.05) is 19.7 Å². The van der Waals surface area contributed by atoms with E-state index in [-0.39, 0.29) is 0 Å². The van der Waals surface area contributed by atoms with Gasteiger partial charge in [-0.3, -0.25) is 0 Å². The summed E-state index contributed by atoms with van der Waals surface area (Å²) in [7, 11) is 0. The van der Waals surface area contributed by atoms with Gasteiger partial charge in [0.2, 0.25) is 0 Å². The fourth-order valence-electron chi connectivity index (χ4n) is 2.78. The Labute approximate surface area is 138 Å². The Kier molecular flexibility index (Phi) is 5.67. The first-order valence-corrected chi connectivity index (χ1v) is 8.39. The molecule has 3 heteroatoms. The van der Waals surface area contributed by atoms with Crippen LogP contribution >= 0.6 is 0 Å². The van der Waals surface area contributed by atoms with Gasteiger partial charge in [-0.1, -0.05) is 42.0 Å². The van der Waals surface area contributed by atoms with Gasteiger partial charge in [0.25, 0.3) is 0 Å². The average molecular weight is 311 g/mol. The Morgan fingerprint density at radius 3 is 2.78 bits per heavy atom. The SMILES string of the molecule is Cc1ccc(COc2cccc(CNC[C@H]3CCCO3)c2)cc1. The van der Waals surface area contributed by atoms with Crippen LogP contribution in [0.3, 0.4) is 0 Å². The minimum Gasteiger partial charge on any atom is -0.489 e. The summed E-state index contributed by atoms with van der Waals surface area (Å²) in [5, 5.41) is 3.47. The van der Waals surface area contributed by atoms with Crippen molar-refractivity contribution < 1.29 is 9.47 Å². The van der Waals surface area contributed by atoms with Crippen molar-refractivity contribution in [3.8, 4) is 5.75 Å². The van der Waals surface area contributed by atoms with E-state index in [1.54, 1.807) is 0 Å².